The second kappa shape index (κ2) is 9.02. The molecule has 0 saturated carbocycles. The van der Waals surface area contributed by atoms with E-state index < -0.39 is 10.0 Å². The number of sulfonamides is 1. The zero-order chi connectivity index (χ0) is 19.7. The Morgan fingerprint density at radius 1 is 1.07 bits per heavy atom. The first-order valence-corrected chi connectivity index (χ1v) is 11.7. The van der Waals surface area contributed by atoms with Gasteiger partial charge in [0.2, 0.25) is 10.0 Å². The van der Waals surface area contributed by atoms with Gasteiger partial charge in [0.1, 0.15) is 4.90 Å². The zero-order valence-corrected chi connectivity index (χ0v) is 19.0. The van der Waals surface area contributed by atoms with Crippen LogP contribution in [0.4, 0.5) is 5.69 Å². The van der Waals surface area contributed by atoms with Crippen molar-refractivity contribution in [2.45, 2.75) is 17.7 Å². The molecule has 0 N–H and O–H groups in total. The molecule has 0 radical (unpaired) electrons. The van der Waals surface area contributed by atoms with Crippen molar-refractivity contribution in [3.05, 3.63) is 63.7 Å². The number of hydrogen-bond acceptors (Lipinski definition) is 4. The van der Waals surface area contributed by atoms with E-state index in [1.54, 1.807) is 12.1 Å². The van der Waals surface area contributed by atoms with E-state index in [1.807, 2.05) is 53.4 Å². The van der Waals surface area contributed by atoms with Crippen LogP contribution in [0.1, 0.15) is 12.8 Å². The molecule has 0 atom stereocenters. The molecular formula is C20H21Cl2N3O2S2. The van der Waals surface area contributed by atoms with Crippen LogP contribution in [0.2, 0.25) is 5.02 Å². The number of nitrogens with zero attached hydrogens (tertiary/aromatic N) is 3. The molecule has 0 amide bonds. The Morgan fingerprint density at radius 2 is 1.76 bits per heavy atom. The van der Waals surface area contributed by atoms with Crippen LogP contribution in [0, 0.1) is 0 Å². The highest BCUT2D eigenvalue weighted by Gasteiger charge is 2.29. The van der Waals surface area contributed by atoms with Gasteiger partial charge in [-0.3, -0.25) is 0 Å². The average Bonchev–Trinajstić information content (AvgIpc) is 3.35. The van der Waals surface area contributed by atoms with E-state index in [4.69, 9.17) is 11.6 Å². The second-order valence-electron chi connectivity index (χ2n) is 6.67. The molecular weight excluding hydrogens is 449 g/mol. The molecule has 1 aliphatic rings. The number of para-hydroxylation sites is 1. The van der Waals surface area contributed by atoms with Crippen molar-refractivity contribution in [3.63, 3.8) is 0 Å². The van der Waals surface area contributed by atoms with Gasteiger partial charge in [-0.1, -0.05) is 35.9 Å². The van der Waals surface area contributed by atoms with Crippen LogP contribution >= 0.6 is 35.3 Å². The van der Waals surface area contributed by atoms with E-state index in [0.29, 0.717) is 13.1 Å². The lowest BCUT2D eigenvalue weighted by atomic mass is 10.2. The molecule has 0 unspecified atom stereocenters. The van der Waals surface area contributed by atoms with Crippen LogP contribution in [0.25, 0.3) is 11.3 Å². The molecule has 1 saturated heterocycles. The number of thiazole rings is 1. The Kier molecular flexibility index (Phi) is 6.86. The maximum Gasteiger partial charge on any atom is 0.244 e. The van der Waals surface area contributed by atoms with Crippen molar-refractivity contribution in [1.29, 1.82) is 0 Å². The molecule has 3 aromatic rings. The largest absolute Gasteiger partial charge is 0.320 e. The Hall–Kier alpha value is -1.64. The normalized spacial score (nSPS) is 15.4. The molecule has 0 bridgehead atoms. The molecule has 2 heterocycles. The number of rotatable bonds is 4. The summed E-state index contributed by atoms with van der Waals surface area (Å²) in [5.41, 5.74) is 2.57. The molecule has 0 spiro atoms. The minimum Gasteiger partial charge on any atom is -0.320 e. The van der Waals surface area contributed by atoms with Gasteiger partial charge in [-0.25, -0.2) is 13.4 Å². The summed E-state index contributed by atoms with van der Waals surface area (Å²) in [6.07, 6.45) is 1.78. The van der Waals surface area contributed by atoms with E-state index in [-0.39, 0.29) is 22.3 Å². The predicted octanol–water partition coefficient (Wildman–Crippen LogP) is 4.85. The van der Waals surface area contributed by atoms with Crippen LogP contribution in [0.5, 0.6) is 0 Å². The van der Waals surface area contributed by atoms with Gasteiger partial charge in [0, 0.05) is 31.1 Å². The number of halogens is 2. The Balaban J connectivity index is 0.00000240. The second-order valence-corrected chi connectivity index (χ2v) is 9.82. The summed E-state index contributed by atoms with van der Waals surface area (Å²) >= 11 is 7.78. The van der Waals surface area contributed by atoms with Crippen molar-refractivity contribution in [1.82, 2.24) is 8.87 Å². The Morgan fingerprint density at radius 3 is 2.45 bits per heavy atom. The van der Waals surface area contributed by atoms with E-state index in [0.717, 1.165) is 34.6 Å². The van der Waals surface area contributed by atoms with Crippen molar-refractivity contribution >= 4 is 51.1 Å². The van der Waals surface area contributed by atoms with Crippen LogP contribution in [0.3, 0.4) is 0 Å². The van der Waals surface area contributed by atoms with Crippen LogP contribution in [-0.4, -0.2) is 30.4 Å². The van der Waals surface area contributed by atoms with Gasteiger partial charge in [0.25, 0.3) is 0 Å². The minimum absolute atomic E-state index is 0. The smallest absolute Gasteiger partial charge is 0.244 e. The maximum absolute atomic E-state index is 13.0. The van der Waals surface area contributed by atoms with Crippen LogP contribution < -0.4 is 4.80 Å². The van der Waals surface area contributed by atoms with E-state index in [1.165, 1.54) is 15.6 Å². The summed E-state index contributed by atoms with van der Waals surface area (Å²) in [7, 11) is -1.65. The summed E-state index contributed by atoms with van der Waals surface area (Å²) in [5, 5.41) is 2.24. The Bertz CT molecular complexity index is 1170. The minimum atomic E-state index is -3.58. The van der Waals surface area contributed by atoms with Crippen molar-refractivity contribution in [2.24, 2.45) is 12.0 Å². The lowest BCUT2D eigenvalue weighted by molar-refractivity contribution is 0.477. The van der Waals surface area contributed by atoms with E-state index >= 15 is 0 Å². The first-order valence-electron chi connectivity index (χ1n) is 9.01. The van der Waals surface area contributed by atoms with Gasteiger partial charge in [0.05, 0.1) is 16.4 Å². The molecule has 1 aromatic heterocycles. The van der Waals surface area contributed by atoms with Crippen LogP contribution in [-0.2, 0) is 17.1 Å². The van der Waals surface area contributed by atoms with Crippen molar-refractivity contribution in [3.8, 4) is 11.3 Å². The van der Waals surface area contributed by atoms with E-state index in [9.17, 15) is 8.42 Å². The highest BCUT2D eigenvalue weighted by molar-refractivity contribution is 7.89. The third-order valence-corrected chi connectivity index (χ3v) is 8.11. The summed E-state index contributed by atoms with van der Waals surface area (Å²) in [6, 6.07) is 14.9. The quantitative estimate of drug-likeness (QED) is 0.548. The topological polar surface area (TPSA) is 54.7 Å². The van der Waals surface area contributed by atoms with Gasteiger partial charge < -0.3 is 4.57 Å². The lowest BCUT2D eigenvalue weighted by Crippen LogP contribution is -2.28. The summed E-state index contributed by atoms with van der Waals surface area (Å²) in [4.78, 5) is 5.67. The summed E-state index contributed by atoms with van der Waals surface area (Å²) in [5.74, 6) is 0. The van der Waals surface area contributed by atoms with Gasteiger partial charge in [-0.15, -0.1) is 23.7 Å². The van der Waals surface area contributed by atoms with Crippen molar-refractivity contribution in [2.75, 3.05) is 13.1 Å². The molecule has 1 aliphatic heterocycles. The fourth-order valence-corrected chi connectivity index (χ4v) is 6.22. The number of aromatic nitrogens is 1. The summed E-state index contributed by atoms with van der Waals surface area (Å²) < 4.78 is 29.5. The third kappa shape index (κ3) is 4.44. The van der Waals surface area contributed by atoms with E-state index in [2.05, 4.69) is 4.99 Å². The predicted molar refractivity (Wildman–Crippen MR) is 121 cm³/mol. The van der Waals surface area contributed by atoms with Gasteiger partial charge >= 0.3 is 0 Å². The number of hydrogen-bond donors (Lipinski definition) is 0. The summed E-state index contributed by atoms with van der Waals surface area (Å²) in [6.45, 7) is 1.10. The SMILES string of the molecule is Cl.Cn1c(-c2ccc(Cl)c(S(=O)(=O)N3CCCC3)c2)csc1=Nc1ccccc1. The molecule has 154 valence electrons. The molecule has 0 aliphatic carbocycles. The molecule has 29 heavy (non-hydrogen) atoms. The highest BCUT2D eigenvalue weighted by Crippen LogP contribution is 2.31. The van der Waals surface area contributed by atoms with Gasteiger partial charge in [-0.05, 0) is 37.1 Å². The lowest BCUT2D eigenvalue weighted by Gasteiger charge is -2.17. The fraction of sp³-hybridized carbons (Fsp3) is 0.250. The van der Waals surface area contributed by atoms with Gasteiger partial charge in [-0.2, -0.15) is 4.31 Å². The number of benzene rings is 2. The van der Waals surface area contributed by atoms with Gasteiger partial charge in [0.15, 0.2) is 4.80 Å². The molecule has 9 heteroatoms. The molecule has 2 aromatic carbocycles. The molecule has 1 fully saturated rings. The third-order valence-electron chi connectivity index (χ3n) is 4.82. The standard InChI is InChI=1S/C20H20ClN3O2S2.ClH/c1-23-18(14-27-20(23)22-16-7-3-2-4-8-16)15-9-10-17(21)19(13-15)28(25,26)24-11-5-6-12-24;/h2-4,7-10,13-14H,5-6,11-12H2,1H3;1H. The monoisotopic (exact) mass is 469 g/mol. The molecule has 5 nitrogen and oxygen atoms in total. The maximum atomic E-state index is 13.0. The zero-order valence-electron chi connectivity index (χ0n) is 15.8. The Labute approximate surface area is 185 Å². The average molecular weight is 470 g/mol. The highest BCUT2D eigenvalue weighted by atomic mass is 35.5. The fourth-order valence-electron chi connectivity index (χ4n) is 3.27. The van der Waals surface area contributed by atoms with Crippen molar-refractivity contribution < 1.29 is 8.42 Å². The molecule has 4 rings (SSSR count). The first kappa shape index (κ1) is 22.1. The first-order chi connectivity index (χ1) is 13.5. The van der Waals surface area contributed by atoms with Crippen LogP contribution in [0.15, 0.2) is 63.8 Å².